The number of aromatic nitrogens is 5. The molecule has 1 aliphatic heterocycles. The van der Waals surface area contributed by atoms with E-state index in [1.807, 2.05) is 112 Å². The number of hydrogen-bond acceptors (Lipinski definition) is 38. The summed E-state index contributed by atoms with van der Waals surface area (Å²) in [7, 11) is 9.25. The normalized spacial score (nSPS) is 16.4. The second kappa shape index (κ2) is 46.7. The molecule has 0 amide bonds. The van der Waals surface area contributed by atoms with Gasteiger partial charge in [0.15, 0.2) is 17.9 Å². The number of halogens is 1. The largest absolute Gasteiger partial charge is 0.507 e. The van der Waals surface area contributed by atoms with Gasteiger partial charge < -0.3 is 69.9 Å². The lowest BCUT2D eigenvalue weighted by Crippen LogP contribution is -2.53. The first-order valence-electron chi connectivity index (χ1n) is 38.4. The van der Waals surface area contributed by atoms with Gasteiger partial charge in [-0.3, -0.25) is 14.4 Å². The molecule has 0 spiro atoms. The van der Waals surface area contributed by atoms with Crippen LogP contribution in [0.1, 0.15) is 169 Å². The second-order valence-corrected chi connectivity index (χ2v) is 37.0. The Hall–Kier alpha value is -11.2. The number of esters is 3. The average Bonchev–Trinajstić information content (AvgIpc) is 0.752. The molecule has 0 bridgehead atoms. The number of hydrogen-bond donors (Lipinski definition) is 7. The van der Waals surface area contributed by atoms with Gasteiger partial charge in [0, 0.05) is 117 Å². The number of nitrogens with two attached hydrogens (primary N) is 1. The number of rotatable bonds is 25. The molecule has 5 aromatic heterocycles. The Morgan fingerprint density at radius 3 is 1.59 bits per heavy atom. The van der Waals surface area contributed by atoms with Crippen molar-refractivity contribution in [2.45, 2.75) is 126 Å². The monoisotopic (exact) mass is 1910 g/mol. The minimum absolute atomic E-state index is 0.0173. The van der Waals surface area contributed by atoms with Crippen LogP contribution in [0.4, 0.5) is 5.69 Å². The lowest BCUT2D eigenvalue weighted by molar-refractivity contribution is -0.247. The third-order valence-electron chi connectivity index (χ3n) is 19.5. The number of Topliss-reactive ketones (excluding diaryl/α,β-unsaturated/α-hetero) is 1. The van der Waals surface area contributed by atoms with E-state index < -0.39 is 95.7 Å². The number of nitriles is 4. The summed E-state index contributed by atoms with van der Waals surface area (Å²) in [6.07, 6.45) is 2.22. The maximum Gasteiger partial charge on any atom is 0.338 e. The van der Waals surface area contributed by atoms with E-state index in [0.717, 1.165) is 68.4 Å². The number of phenols is 2. The van der Waals surface area contributed by atoms with Crippen LogP contribution in [0.25, 0.3) is 12.2 Å². The van der Waals surface area contributed by atoms with Crippen LogP contribution < -0.4 is 15.8 Å². The quantitative estimate of drug-likeness (QED) is 0.0121. The van der Waals surface area contributed by atoms with Crippen molar-refractivity contribution in [3.8, 4) is 41.5 Å². The number of aliphatic hydroxyl groups is 3. The predicted octanol–water partition coefficient (Wildman–Crippen LogP) is 16.2. The van der Waals surface area contributed by atoms with E-state index in [2.05, 4.69) is 52.1 Å². The zero-order valence-electron chi connectivity index (χ0n) is 70.1. The number of aryl methyl sites for hydroxylation is 3. The third kappa shape index (κ3) is 24.2. The molecule has 0 radical (unpaired) electrons. The average molecular weight is 1920 g/mol. The summed E-state index contributed by atoms with van der Waals surface area (Å²) in [5.41, 5.74) is 10.9. The molecule has 6 unspecified atom stereocenters. The Morgan fingerprint density at radius 2 is 1.12 bits per heavy atom. The first-order valence-corrected chi connectivity index (χ1v) is 46.7. The van der Waals surface area contributed by atoms with E-state index in [-0.39, 0.29) is 52.3 Å². The number of carbonyl (C=O) groups excluding carboxylic acids is 6. The van der Waals surface area contributed by atoms with E-state index in [9.17, 15) is 64.8 Å². The van der Waals surface area contributed by atoms with Gasteiger partial charge in [-0.15, -0.1) is 11.3 Å². The first kappa shape index (κ1) is 98.9. The van der Waals surface area contributed by atoms with Crippen molar-refractivity contribution < 1.29 is 82.7 Å². The number of benzene rings is 6. The molecule has 0 saturated carbocycles. The van der Waals surface area contributed by atoms with Crippen molar-refractivity contribution >= 4 is 169 Å². The molecule has 14 rings (SSSR count). The van der Waals surface area contributed by atoms with E-state index in [0.29, 0.717) is 71.3 Å². The molecule has 1 fully saturated rings. The lowest BCUT2D eigenvalue weighted by atomic mass is 9.72. The molecular formula is C89H83ClN12O17S9. The van der Waals surface area contributed by atoms with Gasteiger partial charge >= 0.3 is 17.9 Å². The van der Waals surface area contributed by atoms with Crippen LogP contribution in [-0.2, 0) is 57.9 Å². The number of carbonyl (C=O) groups is 6. The highest BCUT2D eigenvalue weighted by atomic mass is 35.5. The molecule has 39 heteroatoms. The number of aromatic hydroxyl groups is 2. The van der Waals surface area contributed by atoms with Gasteiger partial charge in [0.1, 0.15) is 85.0 Å². The molecule has 29 nitrogen and oxygen atoms in total. The number of thiazole rings is 1. The van der Waals surface area contributed by atoms with Gasteiger partial charge in [-0.05, 0) is 151 Å². The summed E-state index contributed by atoms with van der Waals surface area (Å²) in [6, 6.07) is 41.6. The van der Waals surface area contributed by atoms with Gasteiger partial charge in [-0.2, -0.15) is 38.5 Å². The van der Waals surface area contributed by atoms with Gasteiger partial charge in [0.05, 0.1) is 112 Å². The van der Waals surface area contributed by atoms with Crippen molar-refractivity contribution in [1.82, 2.24) is 27.4 Å². The molecule has 662 valence electrons. The molecule has 1 saturated heterocycles. The summed E-state index contributed by atoms with van der Waals surface area (Å²) in [6.45, 7) is 6.35. The van der Waals surface area contributed by atoms with Crippen molar-refractivity contribution in [1.29, 1.82) is 21.0 Å². The summed E-state index contributed by atoms with van der Waals surface area (Å²) in [5, 5.41) is 101. The molecule has 6 heterocycles. The highest BCUT2D eigenvalue weighted by molar-refractivity contribution is 7.99. The number of methoxy groups -OCH3 is 4. The zero-order chi connectivity index (χ0) is 92.6. The van der Waals surface area contributed by atoms with E-state index in [4.69, 9.17) is 56.3 Å². The fourth-order valence-corrected chi connectivity index (χ4v) is 21.1. The van der Waals surface area contributed by atoms with Gasteiger partial charge in [0.2, 0.25) is 5.78 Å². The molecule has 11 aromatic rings. The van der Waals surface area contributed by atoms with Crippen molar-refractivity contribution in [3.63, 3.8) is 0 Å². The van der Waals surface area contributed by atoms with Crippen LogP contribution in [0.2, 0.25) is 5.02 Å². The topological polar surface area (TPSA) is 460 Å². The minimum atomic E-state index is -2.24. The standard InChI is InChI=1S/C27H29NO11.C21H16ClN3O2S2.C17H17N3O2S2.C14H12N2O2S2.C10H9N3S3/c1-10-22(31)13(28)6-17(38-10)39-15-8-27(36,16(30)9-29)7-12-19(15)26(35)21-20(24(12)33)23(32)11-4-3-5-14(37-2)18(11)25(21)34;1-27-21(26)17-5-3-2-4-14(17)13-28-20-18(12-23)19(29-25-20)10-11-24-16-8-6-15(22)7-9-16;1-20(2)9-8-15-14(10-18)16(19-24-15)23-11-12-6-4-5-7-13(12)17(21)22-3;1-9-12(7-15)13(16-20-9)19-8-10-5-3-4-6-11(10)14(17)18-2;1-6-9(3-11)10(13-16-6)15-5-8-4-14-7(2)12-8/h3-5,10,13,15,17,22,29,31,33,35-36H,6-9,28H2,1-2H3;2-11,24H,13H2,1H3;4-9H,11H2,1-3H3;3-6H,8H2,1-2H3;4H,5H2,1-2H3/b;11-10-;9-8+;;. The van der Waals surface area contributed by atoms with Gasteiger partial charge in [-0.1, -0.05) is 125 Å². The molecule has 128 heavy (non-hydrogen) atoms. The Morgan fingerprint density at radius 1 is 0.648 bits per heavy atom. The second-order valence-electron chi connectivity index (χ2n) is 28.1. The van der Waals surface area contributed by atoms with Crippen molar-refractivity contribution in [3.05, 3.63) is 257 Å². The fraction of sp³-hybridized carbons (Fsp3) is 0.270. The SMILES string of the molecule is COC(=O)c1ccccc1CSc1nsc(/C=C/N(C)C)c1C#N.COC(=O)c1ccccc1CSc1nsc(/C=C\Nc2ccc(Cl)cc2)c1C#N.COC(=O)c1ccccc1CSc1nsc(C)c1C#N.COc1cccc2c1C(=O)c1c(O)c3c(c(O)c1C2=O)CC(O)(C(=O)CO)CC3OC1CC(N)C(O)C(C)O1.Cc1nc(CSc2nsc(C)c2C#N)cs1. The van der Waals surface area contributed by atoms with E-state index >= 15 is 0 Å². The van der Waals surface area contributed by atoms with Crippen LogP contribution in [0.15, 0.2) is 153 Å². The van der Waals surface area contributed by atoms with Crippen LogP contribution in [0.5, 0.6) is 17.2 Å². The zero-order valence-corrected chi connectivity index (χ0v) is 78.2. The van der Waals surface area contributed by atoms with Crippen LogP contribution >= 0.6 is 116 Å². The van der Waals surface area contributed by atoms with Crippen LogP contribution in [0, 0.1) is 66.1 Å². The fourth-order valence-electron chi connectivity index (χ4n) is 13.0. The number of ketones is 3. The summed E-state index contributed by atoms with van der Waals surface area (Å²) < 4.78 is 48.7. The van der Waals surface area contributed by atoms with Crippen LogP contribution in [-0.4, -0.2) is 167 Å². The number of phenolic OH excluding ortho intramolecular Hbond substituents is 2. The number of nitrogens with zero attached hydrogens (tertiary/aromatic N) is 10. The number of nitrogens with one attached hydrogen (secondary N) is 1. The molecular weight excluding hydrogens is 1830 g/mol. The Kier molecular flexibility index (Phi) is 36.1. The number of fused-ring (bicyclic) bond motifs is 3. The third-order valence-corrected chi connectivity index (χ3v) is 28.3. The predicted molar refractivity (Wildman–Crippen MR) is 494 cm³/mol. The number of anilines is 1. The molecule has 3 aliphatic rings. The van der Waals surface area contributed by atoms with E-state index in [1.54, 1.807) is 84.8 Å². The van der Waals surface area contributed by atoms with Gasteiger partial charge in [-0.25, -0.2) is 19.4 Å². The Labute approximate surface area is 779 Å². The van der Waals surface area contributed by atoms with Gasteiger partial charge in [0.25, 0.3) is 0 Å². The number of aliphatic hydroxyl groups excluding tert-OH is 2. The molecule has 8 N–H and O–H groups in total. The number of ether oxygens (including phenoxy) is 6. The maximum atomic E-state index is 13.6. The Balaban J connectivity index is 0.000000172. The molecule has 2 aliphatic carbocycles. The summed E-state index contributed by atoms with van der Waals surface area (Å²) in [4.78, 5) is 84.9. The Bertz CT molecular complexity index is 6130. The van der Waals surface area contributed by atoms with E-state index in [1.165, 1.54) is 128 Å². The number of thioether (sulfide) groups is 4. The first-order chi connectivity index (χ1) is 61.5. The smallest absolute Gasteiger partial charge is 0.338 e. The molecule has 6 atom stereocenters. The maximum absolute atomic E-state index is 13.6. The van der Waals surface area contributed by atoms with Crippen molar-refractivity contribution in [2.24, 2.45) is 5.73 Å². The highest BCUT2D eigenvalue weighted by Crippen LogP contribution is 2.53. The molecule has 6 aromatic carbocycles. The summed E-state index contributed by atoms with van der Waals surface area (Å²) in [5.74, 6) is -2.46. The lowest BCUT2D eigenvalue weighted by Gasteiger charge is -2.42. The minimum Gasteiger partial charge on any atom is -0.507 e. The van der Waals surface area contributed by atoms with Crippen LogP contribution in [0.3, 0.4) is 0 Å². The highest BCUT2D eigenvalue weighted by Gasteiger charge is 2.50. The summed E-state index contributed by atoms with van der Waals surface area (Å²) >= 11 is 18.7. The van der Waals surface area contributed by atoms with Crippen molar-refractivity contribution in [2.75, 3.05) is 54.5 Å².